The van der Waals surface area contributed by atoms with E-state index in [1.165, 1.54) is 43.4 Å². The Hall–Kier alpha value is 1.97. The molecule has 0 amide bonds. The molecule has 0 fully saturated rings. The third-order valence-electron chi connectivity index (χ3n) is 4.95. The Morgan fingerprint density at radius 1 is 0.857 bits per heavy atom. The second-order valence-electron chi connectivity index (χ2n) is 7.22. The summed E-state index contributed by atoms with van der Waals surface area (Å²) in [6, 6.07) is 8.67. The number of thiophene rings is 1. The molecule has 0 aliphatic carbocycles. The molecule has 0 aromatic carbocycles. The van der Waals surface area contributed by atoms with E-state index in [1.807, 2.05) is 21.9 Å². The summed E-state index contributed by atoms with van der Waals surface area (Å²) in [6.07, 6.45) is 10.2. The fraction of sp³-hybridized carbons (Fsp3) is 0.636. The first-order chi connectivity index (χ1) is 13.1. The maximum atomic E-state index is 4.83. The van der Waals surface area contributed by atoms with E-state index in [0.717, 1.165) is 5.76 Å². The van der Waals surface area contributed by atoms with E-state index in [4.69, 9.17) is 4.42 Å². The average molecular weight is 851 g/mol. The smallest absolute Gasteiger partial charge is 0.100 e. The molecular weight excluding hydrogens is 812 g/mol. The normalized spacial score (nSPS) is 10.2. The molecule has 1 nitrogen and oxygen atoms in total. The molecule has 0 aliphatic rings. The Labute approximate surface area is 222 Å². The summed E-state index contributed by atoms with van der Waals surface area (Å²) >= 11 is 4.32. The zero-order valence-electron chi connectivity index (χ0n) is 18.2. The van der Waals surface area contributed by atoms with Crippen LogP contribution in [-0.2, 0) is 0 Å². The summed E-state index contributed by atoms with van der Waals surface area (Å²) < 4.78 is 11.5. The second-order valence-corrected chi connectivity index (χ2v) is 22.7. The van der Waals surface area contributed by atoms with Gasteiger partial charge in [-0.1, -0.05) is 0 Å². The van der Waals surface area contributed by atoms with Gasteiger partial charge in [0, 0.05) is 37.2 Å². The van der Waals surface area contributed by atoms with Crippen molar-refractivity contribution in [2.45, 2.75) is 86.5 Å². The van der Waals surface area contributed by atoms with Crippen molar-refractivity contribution in [2.24, 2.45) is 0 Å². The number of furan rings is 1. The van der Waals surface area contributed by atoms with Gasteiger partial charge in [0.1, 0.15) is 5.76 Å². The van der Waals surface area contributed by atoms with Crippen molar-refractivity contribution in [1.82, 2.24) is 0 Å². The van der Waals surface area contributed by atoms with Gasteiger partial charge in [-0.15, -0.1) is 24.0 Å². The van der Waals surface area contributed by atoms with Crippen LogP contribution in [0.15, 0.2) is 34.9 Å². The van der Waals surface area contributed by atoms with Gasteiger partial charge in [-0.2, -0.15) is 0 Å². The predicted molar refractivity (Wildman–Crippen MR) is 160 cm³/mol. The maximum Gasteiger partial charge on any atom is 0.100 e. The second kappa shape index (κ2) is 20.8. The molecule has 0 saturated carbocycles. The molecule has 164 valence electrons. The van der Waals surface area contributed by atoms with Crippen LogP contribution >= 0.6 is 72.5 Å². The molecule has 0 N–H and O–H groups in total. The van der Waals surface area contributed by atoms with Crippen molar-refractivity contribution in [3.05, 3.63) is 41.2 Å². The van der Waals surface area contributed by atoms with Crippen LogP contribution in [0.1, 0.15) is 69.9 Å². The molecule has 0 aliphatic heterocycles. The van der Waals surface area contributed by atoms with E-state index in [-0.39, 0.29) is 24.0 Å². The minimum Gasteiger partial charge on any atom is -0.470 e. The van der Waals surface area contributed by atoms with Crippen LogP contribution in [0, 0.1) is 13.8 Å². The molecule has 0 atom stereocenters. The van der Waals surface area contributed by atoms with Crippen LogP contribution < -0.4 is 2.89 Å². The maximum absolute atomic E-state index is 4.83. The minimum atomic E-state index is -2.06. The third kappa shape index (κ3) is 13.4. The van der Waals surface area contributed by atoms with Crippen molar-refractivity contribution in [2.75, 3.05) is 0 Å². The van der Waals surface area contributed by atoms with Gasteiger partial charge in [0.05, 0.1) is 6.26 Å². The van der Waals surface area contributed by atoms with Crippen LogP contribution in [-0.4, -0.2) is 18.4 Å². The van der Waals surface area contributed by atoms with Gasteiger partial charge < -0.3 is 4.42 Å². The summed E-state index contributed by atoms with van der Waals surface area (Å²) in [7, 11) is 0. The van der Waals surface area contributed by atoms with Crippen LogP contribution in [0.5, 0.6) is 0 Å². The molecule has 2 heterocycles. The number of aryl methyl sites for hydroxylation is 2. The predicted octanol–water partition coefficient (Wildman–Crippen LogP) is 10.1. The average Bonchev–Trinajstić information content (AvgIpc) is 3.35. The van der Waals surface area contributed by atoms with Crippen molar-refractivity contribution >= 4 is 93.8 Å². The number of rotatable bonds is 10. The van der Waals surface area contributed by atoms with Crippen LogP contribution in [0.2, 0.25) is 13.3 Å². The van der Waals surface area contributed by atoms with E-state index in [9.17, 15) is 0 Å². The van der Waals surface area contributed by atoms with Crippen molar-refractivity contribution in [3.8, 4) is 0 Å². The van der Waals surface area contributed by atoms with E-state index >= 15 is 0 Å². The van der Waals surface area contributed by atoms with Gasteiger partial charge >= 0.3 is 129 Å². The van der Waals surface area contributed by atoms with Crippen molar-refractivity contribution < 1.29 is 4.42 Å². The van der Waals surface area contributed by atoms with Gasteiger partial charge in [-0.25, -0.2) is 0 Å². The molecule has 0 saturated heterocycles. The van der Waals surface area contributed by atoms with Crippen LogP contribution in [0.25, 0.3) is 0 Å². The van der Waals surface area contributed by atoms with Crippen LogP contribution in [0.3, 0.4) is 0 Å². The van der Waals surface area contributed by atoms with Gasteiger partial charge in [-0.05, 0) is 19.1 Å². The van der Waals surface area contributed by atoms with E-state index in [1.54, 1.807) is 19.6 Å². The number of hydrogen-bond donors (Lipinski definition) is 0. The van der Waals surface area contributed by atoms with Gasteiger partial charge in [0.15, 0.2) is 0 Å². The Morgan fingerprint density at radius 2 is 1.36 bits per heavy atom. The van der Waals surface area contributed by atoms with E-state index in [2.05, 4.69) is 88.4 Å². The molecule has 2 aromatic heterocycles. The van der Waals surface area contributed by atoms with Crippen LogP contribution in [0.4, 0.5) is 0 Å². The Kier molecular flexibility index (Phi) is 23.9. The first-order valence-corrected chi connectivity index (χ1v) is 24.9. The summed E-state index contributed by atoms with van der Waals surface area (Å²) in [4.78, 5) is 1.53. The Bertz CT molecular complexity index is 536. The first-order valence-electron chi connectivity index (χ1n) is 10.3. The molecular formula is C22H39I3OSSn. The largest absolute Gasteiger partial charge is 0.470 e. The summed E-state index contributed by atoms with van der Waals surface area (Å²) in [5, 5.41) is 0. The zero-order chi connectivity index (χ0) is 20.5. The van der Waals surface area contributed by atoms with Crippen molar-refractivity contribution in [1.29, 1.82) is 0 Å². The molecule has 28 heavy (non-hydrogen) atoms. The molecule has 0 unspecified atom stereocenters. The third-order valence-corrected chi connectivity index (χ3v) is 24.2. The zero-order valence-corrected chi connectivity index (χ0v) is 28.5. The molecule has 0 radical (unpaired) electrons. The molecule has 0 spiro atoms. The standard InChI is InChI=1S/C5H6O.C5H5S.3C4H9.I2.HI.Sn/c2*1-5-3-2-4-6-5;3*1-3-4-2;1-2;;/h2-4H,1H3;2-3H,1H3;3*1,3-4H2,2H3;;1H;. The quantitative estimate of drug-likeness (QED) is 0.172. The topological polar surface area (TPSA) is 13.1 Å². The van der Waals surface area contributed by atoms with Gasteiger partial charge in [0.2, 0.25) is 0 Å². The number of unbranched alkanes of at least 4 members (excludes halogenated alkanes) is 3. The number of hydrogen-bond acceptors (Lipinski definition) is 2. The molecule has 2 aromatic rings. The summed E-state index contributed by atoms with van der Waals surface area (Å²) in [5.74, 6) is 0.968. The van der Waals surface area contributed by atoms with E-state index < -0.39 is 18.4 Å². The molecule has 6 heteroatoms. The summed E-state index contributed by atoms with van der Waals surface area (Å²) in [6.45, 7) is 11.3. The van der Waals surface area contributed by atoms with Gasteiger partial charge in [0.25, 0.3) is 0 Å². The first kappa shape index (κ1) is 32.2. The van der Waals surface area contributed by atoms with Gasteiger partial charge in [-0.3, -0.25) is 0 Å². The molecule has 2 rings (SSSR count). The SMILES string of the molecule is CCC[CH2][Sn]([CH2]CCC)([CH2]CCC)[c]1ccc(C)s1.Cc1ccco1.I.II. The number of halogens is 3. The monoisotopic (exact) mass is 852 g/mol. The Morgan fingerprint density at radius 3 is 1.61 bits per heavy atom. The van der Waals surface area contributed by atoms with E-state index in [0.29, 0.717) is 0 Å². The Balaban J connectivity index is 0. The molecule has 0 bridgehead atoms. The van der Waals surface area contributed by atoms with Crippen molar-refractivity contribution in [3.63, 3.8) is 0 Å². The minimum absolute atomic E-state index is 0. The fourth-order valence-electron chi connectivity index (χ4n) is 3.37. The fourth-order valence-corrected chi connectivity index (χ4v) is 23.8. The summed E-state index contributed by atoms with van der Waals surface area (Å²) in [5.41, 5.74) is 0.